The van der Waals surface area contributed by atoms with Gasteiger partial charge in [0.05, 0.1) is 0 Å². The van der Waals surface area contributed by atoms with Crippen molar-refractivity contribution in [2.24, 2.45) is 17.1 Å². The average Bonchev–Trinajstić information content (AvgIpc) is 2.26. The standard InChI is InChI=1S/C13H27FN2/c1-5-10-6-7-16-11(8-10)13(14,9-15)12(2,3)4/h10-11,16H,5-9,15H2,1-4H3. The number of halogens is 1. The van der Waals surface area contributed by atoms with E-state index in [-0.39, 0.29) is 12.6 Å². The maximum absolute atomic E-state index is 15.0. The second kappa shape index (κ2) is 5.01. The van der Waals surface area contributed by atoms with E-state index in [0.717, 1.165) is 25.8 Å². The third-order valence-electron chi connectivity index (χ3n) is 4.19. The van der Waals surface area contributed by atoms with Crippen LogP contribution in [0.4, 0.5) is 4.39 Å². The quantitative estimate of drug-likeness (QED) is 0.781. The van der Waals surface area contributed by atoms with E-state index in [2.05, 4.69) is 12.2 Å². The second-order valence-electron chi connectivity index (χ2n) is 6.12. The van der Waals surface area contributed by atoms with Crippen LogP contribution < -0.4 is 11.1 Å². The lowest BCUT2D eigenvalue weighted by molar-refractivity contribution is -0.0162. The van der Waals surface area contributed by atoms with Gasteiger partial charge in [-0.3, -0.25) is 0 Å². The summed E-state index contributed by atoms with van der Waals surface area (Å²) in [5.41, 5.74) is 3.98. The lowest BCUT2D eigenvalue weighted by Crippen LogP contribution is -2.61. The molecule has 3 heteroatoms. The van der Waals surface area contributed by atoms with Crippen LogP contribution in [0.25, 0.3) is 0 Å². The van der Waals surface area contributed by atoms with Crippen molar-refractivity contribution in [3.63, 3.8) is 0 Å². The summed E-state index contributed by atoms with van der Waals surface area (Å²) in [5, 5.41) is 3.33. The number of nitrogens with one attached hydrogen (secondary N) is 1. The Morgan fingerprint density at radius 2 is 2.00 bits per heavy atom. The first-order chi connectivity index (χ1) is 7.35. The van der Waals surface area contributed by atoms with Gasteiger partial charge in [-0.25, -0.2) is 4.39 Å². The van der Waals surface area contributed by atoms with Gasteiger partial charge < -0.3 is 11.1 Å². The fourth-order valence-electron chi connectivity index (χ4n) is 2.69. The largest absolute Gasteiger partial charge is 0.327 e. The van der Waals surface area contributed by atoms with Crippen molar-refractivity contribution in [1.82, 2.24) is 5.32 Å². The molecule has 1 aliphatic rings. The molecule has 1 fully saturated rings. The Bertz CT molecular complexity index is 224. The summed E-state index contributed by atoms with van der Waals surface area (Å²) in [6.45, 7) is 9.04. The zero-order chi connectivity index (χ0) is 12.4. The molecule has 0 aromatic heterocycles. The van der Waals surface area contributed by atoms with Crippen LogP contribution in [0.15, 0.2) is 0 Å². The van der Waals surface area contributed by atoms with Crippen molar-refractivity contribution < 1.29 is 4.39 Å². The molecule has 0 radical (unpaired) electrons. The Morgan fingerprint density at radius 3 is 2.44 bits per heavy atom. The fourth-order valence-corrected chi connectivity index (χ4v) is 2.69. The van der Waals surface area contributed by atoms with E-state index in [0.29, 0.717) is 5.92 Å². The van der Waals surface area contributed by atoms with Gasteiger partial charge in [0.2, 0.25) is 0 Å². The molecule has 3 atom stereocenters. The Labute approximate surface area is 99.2 Å². The summed E-state index contributed by atoms with van der Waals surface area (Å²) >= 11 is 0. The van der Waals surface area contributed by atoms with E-state index >= 15 is 4.39 Å². The Balaban J connectivity index is 2.80. The van der Waals surface area contributed by atoms with Crippen molar-refractivity contribution in [3.8, 4) is 0 Å². The van der Waals surface area contributed by atoms with Gasteiger partial charge in [-0.2, -0.15) is 0 Å². The van der Waals surface area contributed by atoms with E-state index in [1.54, 1.807) is 0 Å². The third kappa shape index (κ3) is 2.57. The maximum atomic E-state index is 15.0. The van der Waals surface area contributed by atoms with Gasteiger partial charge in [0.1, 0.15) is 5.67 Å². The van der Waals surface area contributed by atoms with Crippen molar-refractivity contribution in [1.29, 1.82) is 0 Å². The Hall–Kier alpha value is -0.150. The molecule has 3 unspecified atom stereocenters. The zero-order valence-corrected chi connectivity index (χ0v) is 11.1. The number of alkyl halides is 1. The highest BCUT2D eigenvalue weighted by atomic mass is 19.1. The maximum Gasteiger partial charge on any atom is 0.143 e. The van der Waals surface area contributed by atoms with Gasteiger partial charge in [0, 0.05) is 12.6 Å². The first-order valence-electron chi connectivity index (χ1n) is 6.47. The topological polar surface area (TPSA) is 38.0 Å². The van der Waals surface area contributed by atoms with Crippen molar-refractivity contribution in [2.45, 2.75) is 58.7 Å². The summed E-state index contributed by atoms with van der Waals surface area (Å²) in [6.07, 6.45) is 3.22. The van der Waals surface area contributed by atoms with Crippen LogP contribution in [0.2, 0.25) is 0 Å². The molecule has 0 saturated carbocycles. The minimum Gasteiger partial charge on any atom is -0.327 e. The molecule has 1 saturated heterocycles. The average molecular weight is 230 g/mol. The first kappa shape index (κ1) is 13.9. The third-order valence-corrected chi connectivity index (χ3v) is 4.19. The monoisotopic (exact) mass is 230 g/mol. The highest BCUT2D eigenvalue weighted by Crippen LogP contribution is 2.40. The molecule has 0 bridgehead atoms. The fraction of sp³-hybridized carbons (Fsp3) is 1.00. The van der Waals surface area contributed by atoms with Crippen molar-refractivity contribution in [2.75, 3.05) is 13.1 Å². The van der Waals surface area contributed by atoms with Gasteiger partial charge in [0.15, 0.2) is 0 Å². The zero-order valence-electron chi connectivity index (χ0n) is 11.1. The van der Waals surface area contributed by atoms with Gasteiger partial charge in [-0.15, -0.1) is 0 Å². The molecule has 0 aliphatic carbocycles. The number of hydrogen-bond donors (Lipinski definition) is 2. The number of piperidine rings is 1. The molecular formula is C13H27FN2. The lowest BCUT2D eigenvalue weighted by atomic mass is 9.69. The Morgan fingerprint density at radius 1 is 1.38 bits per heavy atom. The highest BCUT2D eigenvalue weighted by molar-refractivity contribution is 5.03. The van der Waals surface area contributed by atoms with Crippen LogP contribution in [0.3, 0.4) is 0 Å². The smallest absolute Gasteiger partial charge is 0.143 e. The molecule has 1 rings (SSSR count). The van der Waals surface area contributed by atoms with E-state index in [1.165, 1.54) is 0 Å². The van der Waals surface area contributed by atoms with Crippen LogP contribution in [0.1, 0.15) is 47.0 Å². The van der Waals surface area contributed by atoms with Gasteiger partial charge in [-0.05, 0) is 30.7 Å². The van der Waals surface area contributed by atoms with Gasteiger partial charge >= 0.3 is 0 Å². The van der Waals surface area contributed by atoms with Crippen LogP contribution >= 0.6 is 0 Å². The molecule has 0 aromatic carbocycles. The molecule has 3 N–H and O–H groups in total. The summed E-state index contributed by atoms with van der Waals surface area (Å²) in [6, 6.07) is -0.0869. The predicted octanol–water partition coefficient (Wildman–Crippen LogP) is 2.48. The molecule has 0 amide bonds. The van der Waals surface area contributed by atoms with E-state index in [4.69, 9.17) is 5.73 Å². The van der Waals surface area contributed by atoms with Crippen molar-refractivity contribution in [3.05, 3.63) is 0 Å². The minimum atomic E-state index is -1.30. The second-order valence-corrected chi connectivity index (χ2v) is 6.12. The number of hydrogen-bond acceptors (Lipinski definition) is 2. The number of nitrogens with two attached hydrogens (primary N) is 1. The first-order valence-corrected chi connectivity index (χ1v) is 6.47. The SMILES string of the molecule is CCC1CCNC(C(F)(CN)C(C)(C)C)C1. The minimum absolute atomic E-state index is 0.0869. The van der Waals surface area contributed by atoms with Gasteiger partial charge in [-0.1, -0.05) is 34.1 Å². The summed E-state index contributed by atoms with van der Waals surface area (Å²) in [4.78, 5) is 0. The highest BCUT2D eigenvalue weighted by Gasteiger charge is 2.48. The van der Waals surface area contributed by atoms with E-state index < -0.39 is 11.1 Å². The van der Waals surface area contributed by atoms with Crippen LogP contribution in [0.5, 0.6) is 0 Å². The van der Waals surface area contributed by atoms with Crippen LogP contribution in [-0.4, -0.2) is 24.8 Å². The lowest BCUT2D eigenvalue weighted by Gasteiger charge is -2.46. The normalized spacial score (nSPS) is 31.1. The molecule has 0 aromatic rings. The molecule has 0 spiro atoms. The van der Waals surface area contributed by atoms with E-state index in [9.17, 15) is 0 Å². The summed E-state index contributed by atoms with van der Waals surface area (Å²) in [5.74, 6) is 0.648. The summed E-state index contributed by atoms with van der Waals surface area (Å²) < 4.78 is 15.0. The molecule has 1 heterocycles. The molecular weight excluding hydrogens is 203 g/mol. The predicted molar refractivity (Wildman–Crippen MR) is 67.2 cm³/mol. The van der Waals surface area contributed by atoms with Crippen molar-refractivity contribution >= 4 is 0 Å². The van der Waals surface area contributed by atoms with E-state index in [1.807, 2.05) is 20.8 Å². The summed E-state index contributed by atoms with van der Waals surface area (Å²) in [7, 11) is 0. The molecule has 96 valence electrons. The molecule has 1 aliphatic heterocycles. The Kier molecular flexibility index (Phi) is 4.35. The molecule has 16 heavy (non-hydrogen) atoms. The van der Waals surface area contributed by atoms with Gasteiger partial charge in [0.25, 0.3) is 0 Å². The molecule has 2 nitrogen and oxygen atoms in total. The van der Waals surface area contributed by atoms with Crippen LogP contribution in [0, 0.1) is 11.3 Å². The number of rotatable bonds is 3. The van der Waals surface area contributed by atoms with Crippen LogP contribution in [-0.2, 0) is 0 Å².